The van der Waals surface area contributed by atoms with Crippen LogP contribution < -0.4 is 4.90 Å². The summed E-state index contributed by atoms with van der Waals surface area (Å²) in [4.78, 5) is 48.4. The van der Waals surface area contributed by atoms with E-state index in [0.717, 1.165) is 18.4 Å². The number of benzene rings is 1. The molecule has 6 atom stereocenters. The van der Waals surface area contributed by atoms with Crippen LogP contribution in [-0.4, -0.2) is 81.5 Å². The molecule has 3 saturated heterocycles. The number of hydrogen-bond donors (Lipinski definition) is 1. The van der Waals surface area contributed by atoms with Gasteiger partial charge in [0, 0.05) is 38.0 Å². The van der Waals surface area contributed by atoms with E-state index in [1.807, 2.05) is 30.9 Å². The van der Waals surface area contributed by atoms with Crippen LogP contribution in [0.25, 0.3) is 0 Å². The van der Waals surface area contributed by atoms with Gasteiger partial charge < -0.3 is 19.8 Å². The quantitative estimate of drug-likeness (QED) is 0.267. The molecule has 218 valence electrons. The number of thioether (sulfide) groups is 1. The highest BCUT2D eigenvalue weighted by Gasteiger charge is 2.76. The Kier molecular flexibility index (Phi) is 9.74. The number of para-hydroxylation sites is 1. The third kappa shape index (κ3) is 5.01. The highest BCUT2D eigenvalue weighted by atomic mass is 35.5. The summed E-state index contributed by atoms with van der Waals surface area (Å²) in [5.74, 6) is -1.33. The van der Waals surface area contributed by atoms with E-state index in [2.05, 4.69) is 20.1 Å². The zero-order valence-electron chi connectivity index (χ0n) is 23.9. The van der Waals surface area contributed by atoms with Crippen molar-refractivity contribution in [2.75, 3.05) is 37.7 Å². The monoisotopic (exact) mass is 587 g/mol. The Hall–Kier alpha value is -2.29. The average molecular weight is 588 g/mol. The highest BCUT2D eigenvalue weighted by molar-refractivity contribution is 8.02. The molecule has 1 aromatic rings. The number of hydrogen-bond acceptors (Lipinski definition) is 5. The topological polar surface area (TPSA) is 81.2 Å². The lowest BCUT2D eigenvalue weighted by Gasteiger charge is -2.41. The van der Waals surface area contributed by atoms with E-state index in [1.165, 1.54) is 0 Å². The number of carbonyl (C=O) groups excluding carboxylic acids is 3. The van der Waals surface area contributed by atoms with Crippen LogP contribution in [0.3, 0.4) is 0 Å². The van der Waals surface area contributed by atoms with E-state index in [9.17, 15) is 19.5 Å². The fourth-order valence-corrected chi connectivity index (χ4v) is 9.91. The number of amides is 3. The Morgan fingerprint density at radius 3 is 2.58 bits per heavy atom. The van der Waals surface area contributed by atoms with Gasteiger partial charge in [0.1, 0.15) is 6.04 Å². The van der Waals surface area contributed by atoms with Crippen molar-refractivity contribution in [2.45, 2.75) is 62.5 Å². The van der Waals surface area contributed by atoms with E-state index in [4.69, 9.17) is 11.6 Å². The fraction of sp³-hybridized carbons (Fsp3) is 0.581. The van der Waals surface area contributed by atoms with Gasteiger partial charge in [0.2, 0.25) is 11.8 Å². The van der Waals surface area contributed by atoms with Crippen LogP contribution in [0.2, 0.25) is 5.02 Å². The molecule has 3 amide bonds. The maximum Gasteiger partial charge on any atom is 0.251 e. The Morgan fingerprint density at radius 2 is 1.95 bits per heavy atom. The molecule has 0 radical (unpaired) electrons. The maximum absolute atomic E-state index is 14.8. The molecule has 2 bridgehead atoms. The maximum atomic E-state index is 14.8. The van der Waals surface area contributed by atoms with Crippen LogP contribution in [-0.2, 0) is 14.4 Å². The summed E-state index contributed by atoms with van der Waals surface area (Å²) in [5, 5.41) is 9.91. The van der Waals surface area contributed by atoms with Crippen molar-refractivity contribution in [1.29, 1.82) is 0 Å². The van der Waals surface area contributed by atoms with Gasteiger partial charge in [-0.25, -0.2) is 0 Å². The number of unbranched alkanes of at least 4 members (excludes halogenated alkanes) is 1. The number of aliphatic hydroxyl groups is 1. The second kappa shape index (κ2) is 12.7. The van der Waals surface area contributed by atoms with Gasteiger partial charge in [0.15, 0.2) is 0 Å². The standard InChI is InChI=1S/C31H42ClN3O4S/c1-6-14-33(15-7-2)28(37)24-23-19-21(5)31(40-23)25(24)29(38)35(17-9-10-18-36)27(31)30(39)34(16-8-3)26-20(4)12-11-13-22(26)32/h6,8,11-13,21,23-25,27,36H,1,3,7,9-10,14-19H2,2,4-5H3/t21?,23-,24+,25-,27?,31?/m0/s1. The molecule has 3 fully saturated rings. The van der Waals surface area contributed by atoms with E-state index in [-0.39, 0.29) is 42.0 Å². The number of fused-ring (bicyclic) bond motifs is 1. The molecule has 40 heavy (non-hydrogen) atoms. The molecule has 9 heteroatoms. The van der Waals surface area contributed by atoms with E-state index >= 15 is 0 Å². The van der Waals surface area contributed by atoms with E-state index in [1.54, 1.807) is 39.8 Å². The molecule has 0 saturated carbocycles. The number of likely N-dealkylation sites (tertiary alicyclic amines) is 1. The van der Waals surface area contributed by atoms with Gasteiger partial charge in [-0.05, 0) is 50.2 Å². The smallest absolute Gasteiger partial charge is 0.251 e. The minimum Gasteiger partial charge on any atom is -0.396 e. The minimum atomic E-state index is -0.749. The fourth-order valence-electron chi connectivity index (χ4n) is 7.18. The van der Waals surface area contributed by atoms with Gasteiger partial charge in [-0.3, -0.25) is 14.4 Å². The van der Waals surface area contributed by atoms with E-state index < -0.39 is 22.6 Å². The first-order chi connectivity index (χ1) is 19.2. The highest BCUT2D eigenvalue weighted by Crippen LogP contribution is 2.69. The van der Waals surface area contributed by atoms with Crippen LogP contribution in [0.4, 0.5) is 5.69 Å². The molecule has 3 aliphatic heterocycles. The van der Waals surface area contributed by atoms with Crippen molar-refractivity contribution in [3.63, 3.8) is 0 Å². The predicted octanol–water partition coefficient (Wildman–Crippen LogP) is 4.70. The van der Waals surface area contributed by atoms with Crippen LogP contribution >= 0.6 is 23.4 Å². The Labute approximate surface area is 247 Å². The van der Waals surface area contributed by atoms with Crippen molar-refractivity contribution in [3.8, 4) is 0 Å². The minimum absolute atomic E-state index is 0.0124. The lowest BCUT2D eigenvalue weighted by molar-refractivity contribution is -0.144. The second-order valence-electron chi connectivity index (χ2n) is 11.2. The number of halogens is 1. The molecule has 4 rings (SSSR count). The van der Waals surface area contributed by atoms with Gasteiger partial charge in [-0.15, -0.1) is 24.9 Å². The van der Waals surface area contributed by atoms with Crippen molar-refractivity contribution >= 4 is 46.8 Å². The summed E-state index contributed by atoms with van der Waals surface area (Å²) in [6, 6.07) is 4.79. The number of rotatable bonds is 13. The Balaban J connectivity index is 1.82. The van der Waals surface area contributed by atoms with E-state index in [0.29, 0.717) is 43.2 Å². The second-order valence-corrected chi connectivity index (χ2v) is 13.2. The summed E-state index contributed by atoms with van der Waals surface area (Å²) in [6.07, 6.45) is 6.09. The third-order valence-corrected chi connectivity index (χ3v) is 11.1. The number of aryl methyl sites for hydroxylation is 1. The number of nitrogens with zero attached hydrogens (tertiary/aromatic N) is 3. The predicted molar refractivity (Wildman–Crippen MR) is 162 cm³/mol. The number of aliphatic hydroxyl groups excluding tert-OH is 1. The Morgan fingerprint density at radius 1 is 1.23 bits per heavy atom. The number of carbonyl (C=O) groups is 3. The normalized spacial score (nSPS) is 28.5. The SMILES string of the molecule is C=CCN(CCC)C(=O)[C@@H]1[C@@H]2CC(C)C3(S2)C(C(=O)N(CC=C)c2c(C)cccc2Cl)N(CCCCO)C(=O)[C@H]13. The number of anilines is 1. The van der Waals surface area contributed by atoms with Crippen LogP contribution in [0, 0.1) is 24.7 Å². The summed E-state index contributed by atoms with van der Waals surface area (Å²) in [6.45, 7) is 15.4. The summed E-state index contributed by atoms with van der Waals surface area (Å²) in [5.41, 5.74) is 1.48. The molecule has 3 aliphatic rings. The largest absolute Gasteiger partial charge is 0.396 e. The van der Waals surface area contributed by atoms with Crippen molar-refractivity contribution in [3.05, 3.63) is 54.1 Å². The molecule has 1 aromatic carbocycles. The summed E-state index contributed by atoms with van der Waals surface area (Å²) in [7, 11) is 0. The van der Waals surface area contributed by atoms with Gasteiger partial charge in [0.25, 0.3) is 5.91 Å². The van der Waals surface area contributed by atoms with Crippen LogP contribution in [0.15, 0.2) is 43.5 Å². The van der Waals surface area contributed by atoms with Gasteiger partial charge in [0.05, 0.1) is 27.3 Å². The van der Waals surface area contributed by atoms with Gasteiger partial charge >= 0.3 is 0 Å². The molecular formula is C31H42ClN3O4S. The zero-order valence-corrected chi connectivity index (χ0v) is 25.4. The van der Waals surface area contributed by atoms with Gasteiger partial charge in [-0.1, -0.05) is 49.7 Å². The zero-order chi connectivity index (χ0) is 29.2. The van der Waals surface area contributed by atoms with Crippen LogP contribution in [0.1, 0.15) is 45.1 Å². The molecule has 0 aromatic heterocycles. The molecule has 3 unspecified atom stereocenters. The molecular weight excluding hydrogens is 546 g/mol. The third-order valence-electron chi connectivity index (χ3n) is 8.76. The first-order valence-corrected chi connectivity index (χ1v) is 15.6. The van der Waals surface area contributed by atoms with Crippen molar-refractivity contribution in [1.82, 2.24) is 9.80 Å². The van der Waals surface area contributed by atoms with Crippen molar-refractivity contribution in [2.24, 2.45) is 17.8 Å². The average Bonchev–Trinajstić information content (AvgIpc) is 3.51. The van der Waals surface area contributed by atoms with Gasteiger partial charge in [-0.2, -0.15) is 0 Å². The molecule has 0 aliphatic carbocycles. The summed E-state index contributed by atoms with van der Waals surface area (Å²) < 4.78 is -0.723. The lowest BCUT2D eigenvalue weighted by Crippen LogP contribution is -2.58. The summed E-state index contributed by atoms with van der Waals surface area (Å²) >= 11 is 8.33. The first-order valence-electron chi connectivity index (χ1n) is 14.4. The van der Waals surface area contributed by atoms with Crippen LogP contribution in [0.5, 0.6) is 0 Å². The van der Waals surface area contributed by atoms with Crippen molar-refractivity contribution < 1.29 is 19.5 Å². The molecule has 7 nitrogen and oxygen atoms in total. The molecule has 3 heterocycles. The lowest BCUT2D eigenvalue weighted by atomic mass is 9.65. The molecule has 1 N–H and O–H groups in total. The molecule has 1 spiro atoms. The first kappa shape index (κ1) is 30.7. The Bertz CT molecular complexity index is 1140.